The van der Waals surface area contributed by atoms with Crippen LogP contribution in [0.1, 0.15) is 40.4 Å². The fourth-order valence-corrected chi connectivity index (χ4v) is 2.55. The third-order valence-corrected chi connectivity index (χ3v) is 4.02. The van der Waals surface area contributed by atoms with Gasteiger partial charge in [0.1, 0.15) is 5.84 Å². The first kappa shape index (κ1) is 20.6. The van der Waals surface area contributed by atoms with E-state index in [-0.39, 0.29) is 37.0 Å². The standard InChI is InChI=1S/C20H22N4O4/c21-19(22)14-6-8-15(9-7-14)20(28)24-16(13-4-2-1-3-5-13)12-17(25)23-11-10-18(26)27/h1-9,16H,10-12H2,(H3,21,22)(H,23,25)(H,24,28)(H,26,27). The Morgan fingerprint density at radius 1 is 1.00 bits per heavy atom. The predicted octanol–water partition coefficient (Wildman–Crippen LogP) is 1.42. The Balaban J connectivity index is 2.09. The van der Waals surface area contributed by atoms with E-state index >= 15 is 0 Å². The van der Waals surface area contributed by atoms with Gasteiger partial charge in [0.05, 0.1) is 18.9 Å². The van der Waals surface area contributed by atoms with Crippen LogP contribution in [0.5, 0.6) is 0 Å². The Bertz CT molecular complexity index is 850. The zero-order valence-corrected chi connectivity index (χ0v) is 15.1. The fourth-order valence-electron chi connectivity index (χ4n) is 2.55. The van der Waals surface area contributed by atoms with Crippen molar-refractivity contribution in [2.24, 2.45) is 5.73 Å². The molecule has 0 spiro atoms. The maximum atomic E-state index is 12.6. The largest absolute Gasteiger partial charge is 0.481 e. The summed E-state index contributed by atoms with van der Waals surface area (Å²) >= 11 is 0. The third kappa shape index (κ3) is 6.24. The Morgan fingerprint density at radius 3 is 2.18 bits per heavy atom. The Kier molecular flexibility index (Phi) is 7.27. The molecule has 1 unspecified atom stereocenters. The number of carboxylic acid groups (broad SMARTS) is 1. The maximum Gasteiger partial charge on any atom is 0.305 e. The molecule has 0 saturated heterocycles. The van der Waals surface area contributed by atoms with Crippen LogP contribution >= 0.6 is 0 Å². The van der Waals surface area contributed by atoms with E-state index in [1.165, 1.54) is 0 Å². The number of nitrogen functional groups attached to an aromatic ring is 1. The molecule has 6 N–H and O–H groups in total. The number of nitrogens with two attached hydrogens (primary N) is 1. The molecule has 0 heterocycles. The molecule has 0 aliphatic rings. The third-order valence-electron chi connectivity index (χ3n) is 4.02. The molecule has 0 fully saturated rings. The fraction of sp³-hybridized carbons (Fsp3) is 0.200. The molecule has 2 rings (SSSR count). The molecule has 0 aromatic heterocycles. The molecule has 146 valence electrons. The summed E-state index contributed by atoms with van der Waals surface area (Å²) in [6, 6.07) is 14.7. The lowest BCUT2D eigenvalue weighted by molar-refractivity contribution is -0.136. The number of carboxylic acids is 1. The first-order valence-corrected chi connectivity index (χ1v) is 8.65. The molecule has 2 aromatic rings. The molecular weight excluding hydrogens is 360 g/mol. The summed E-state index contributed by atoms with van der Waals surface area (Å²) in [7, 11) is 0. The van der Waals surface area contributed by atoms with E-state index in [0.717, 1.165) is 5.56 Å². The molecule has 0 aliphatic carbocycles. The van der Waals surface area contributed by atoms with Crippen molar-refractivity contribution in [2.45, 2.75) is 18.9 Å². The first-order valence-electron chi connectivity index (χ1n) is 8.65. The highest BCUT2D eigenvalue weighted by molar-refractivity contribution is 5.98. The minimum absolute atomic E-state index is 0.0239. The monoisotopic (exact) mass is 382 g/mol. The van der Waals surface area contributed by atoms with Gasteiger partial charge in [-0.25, -0.2) is 0 Å². The van der Waals surface area contributed by atoms with Gasteiger partial charge in [-0.2, -0.15) is 0 Å². The second-order valence-corrected chi connectivity index (χ2v) is 6.13. The van der Waals surface area contributed by atoms with Gasteiger partial charge < -0.3 is 21.5 Å². The summed E-state index contributed by atoms with van der Waals surface area (Å²) < 4.78 is 0. The van der Waals surface area contributed by atoms with Crippen molar-refractivity contribution in [3.05, 3.63) is 71.3 Å². The number of amides is 2. The Labute approximate surface area is 162 Å². The number of aliphatic carboxylic acids is 1. The lowest BCUT2D eigenvalue weighted by Gasteiger charge is -2.19. The summed E-state index contributed by atoms with van der Waals surface area (Å²) in [5, 5.41) is 21.4. The van der Waals surface area contributed by atoms with E-state index < -0.39 is 12.0 Å². The van der Waals surface area contributed by atoms with Crippen molar-refractivity contribution in [1.82, 2.24) is 10.6 Å². The molecule has 0 bridgehead atoms. The van der Waals surface area contributed by atoms with Crippen LogP contribution < -0.4 is 16.4 Å². The van der Waals surface area contributed by atoms with Gasteiger partial charge in [0.2, 0.25) is 5.91 Å². The molecule has 2 aromatic carbocycles. The van der Waals surface area contributed by atoms with Crippen LogP contribution in [0, 0.1) is 5.41 Å². The van der Waals surface area contributed by atoms with E-state index in [9.17, 15) is 14.4 Å². The van der Waals surface area contributed by atoms with Crippen LogP contribution in [0.25, 0.3) is 0 Å². The number of carbonyl (C=O) groups excluding carboxylic acids is 2. The lowest BCUT2D eigenvalue weighted by atomic mass is 10.0. The van der Waals surface area contributed by atoms with Crippen LogP contribution in [-0.4, -0.2) is 35.3 Å². The molecule has 8 nitrogen and oxygen atoms in total. The van der Waals surface area contributed by atoms with Crippen molar-refractivity contribution in [1.29, 1.82) is 5.41 Å². The van der Waals surface area contributed by atoms with Gasteiger partial charge in [-0.1, -0.05) is 42.5 Å². The summed E-state index contributed by atoms with van der Waals surface area (Å²) in [6.45, 7) is 0.0239. The molecule has 0 saturated carbocycles. The normalized spacial score (nSPS) is 11.3. The van der Waals surface area contributed by atoms with E-state index in [2.05, 4.69) is 10.6 Å². The van der Waals surface area contributed by atoms with Gasteiger partial charge in [0.15, 0.2) is 0 Å². The van der Waals surface area contributed by atoms with Gasteiger partial charge in [-0.15, -0.1) is 0 Å². The van der Waals surface area contributed by atoms with Crippen molar-refractivity contribution >= 4 is 23.6 Å². The van der Waals surface area contributed by atoms with Gasteiger partial charge in [0.25, 0.3) is 5.91 Å². The van der Waals surface area contributed by atoms with Crippen LogP contribution in [-0.2, 0) is 9.59 Å². The molecule has 8 heteroatoms. The molecular formula is C20H22N4O4. The number of amidine groups is 1. The zero-order chi connectivity index (χ0) is 20.5. The zero-order valence-electron chi connectivity index (χ0n) is 15.1. The summed E-state index contributed by atoms with van der Waals surface area (Å²) in [4.78, 5) is 35.3. The van der Waals surface area contributed by atoms with Gasteiger partial charge in [0, 0.05) is 17.7 Å². The highest BCUT2D eigenvalue weighted by Crippen LogP contribution is 2.17. The van der Waals surface area contributed by atoms with Crippen molar-refractivity contribution in [2.75, 3.05) is 6.54 Å². The summed E-state index contributed by atoms with van der Waals surface area (Å²) in [6.07, 6.45) is -0.197. The molecule has 0 radical (unpaired) electrons. The topological polar surface area (TPSA) is 145 Å². The summed E-state index contributed by atoms with van der Waals surface area (Å²) in [5.41, 5.74) is 7.05. The second-order valence-electron chi connectivity index (χ2n) is 6.13. The van der Waals surface area contributed by atoms with E-state index in [1.54, 1.807) is 48.5 Å². The predicted molar refractivity (Wildman–Crippen MR) is 104 cm³/mol. The minimum atomic E-state index is -0.998. The molecule has 2 amide bonds. The Hall–Kier alpha value is -3.68. The number of rotatable bonds is 9. The highest BCUT2D eigenvalue weighted by atomic mass is 16.4. The SMILES string of the molecule is N=C(N)c1ccc(C(=O)NC(CC(=O)NCCC(=O)O)c2ccccc2)cc1. The summed E-state index contributed by atoms with van der Waals surface area (Å²) in [5.74, 6) is -1.82. The van der Waals surface area contributed by atoms with Crippen molar-refractivity contribution in [3.63, 3.8) is 0 Å². The number of hydrogen-bond donors (Lipinski definition) is 5. The average Bonchev–Trinajstić information content (AvgIpc) is 2.68. The number of carbonyl (C=O) groups is 3. The van der Waals surface area contributed by atoms with Gasteiger partial charge >= 0.3 is 5.97 Å². The van der Waals surface area contributed by atoms with Crippen LogP contribution in [0.15, 0.2) is 54.6 Å². The van der Waals surface area contributed by atoms with Crippen LogP contribution in [0.2, 0.25) is 0 Å². The second kappa shape index (κ2) is 9.86. The minimum Gasteiger partial charge on any atom is -0.481 e. The van der Waals surface area contributed by atoms with Crippen molar-refractivity contribution in [3.8, 4) is 0 Å². The number of nitrogens with one attached hydrogen (secondary N) is 3. The number of benzene rings is 2. The van der Waals surface area contributed by atoms with E-state index in [1.807, 2.05) is 6.07 Å². The van der Waals surface area contributed by atoms with Crippen LogP contribution in [0.3, 0.4) is 0 Å². The molecule has 1 atom stereocenters. The smallest absolute Gasteiger partial charge is 0.305 e. The maximum absolute atomic E-state index is 12.6. The lowest BCUT2D eigenvalue weighted by Crippen LogP contribution is -2.34. The van der Waals surface area contributed by atoms with Gasteiger partial charge in [-0.3, -0.25) is 19.8 Å². The number of hydrogen-bond acceptors (Lipinski definition) is 4. The Morgan fingerprint density at radius 2 is 1.61 bits per heavy atom. The first-order chi connectivity index (χ1) is 13.4. The average molecular weight is 382 g/mol. The molecule has 0 aliphatic heterocycles. The van der Waals surface area contributed by atoms with Crippen molar-refractivity contribution < 1.29 is 19.5 Å². The van der Waals surface area contributed by atoms with Gasteiger partial charge in [-0.05, 0) is 17.7 Å². The molecule has 28 heavy (non-hydrogen) atoms. The highest BCUT2D eigenvalue weighted by Gasteiger charge is 2.19. The quantitative estimate of drug-likeness (QED) is 0.329. The van der Waals surface area contributed by atoms with E-state index in [4.69, 9.17) is 16.2 Å². The van der Waals surface area contributed by atoms with Crippen LogP contribution in [0.4, 0.5) is 0 Å². The van der Waals surface area contributed by atoms with E-state index in [0.29, 0.717) is 11.1 Å².